The van der Waals surface area contributed by atoms with Crippen molar-refractivity contribution in [3.05, 3.63) is 47.6 Å². The number of carbonyl (C=O) groups excluding carboxylic acids is 1. The van der Waals surface area contributed by atoms with Crippen molar-refractivity contribution >= 4 is 17.6 Å². The molecule has 4 nitrogen and oxygen atoms in total. The highest BCUT2D eigenvalue weighted by atomic mass is 79.9. The average molecular weight is 358 g/mol. The molecule has 0 bridgehead atoms. The van der Waals surface area contributed by atoms with E-state index >= 15 is 0 Å². The normalized spacial score (nSPS) is 9.70. The van der Waals surface area contributed by atoms with Crippen LogP contribution in [0.25, 0.3) is 11.3 Å². The fourth-order valence-corrected chi connectivity index (χ4v) is 1.77. The largest absolute Gasteiger partial charge is 1.00 e. The molecule has 1 aromatic heterocycles. The molecular formula is C14H14BrClN2O2. The topological polar surface area (TPSA) is 43.1 Å². The Balaban J connectivity index is 0.00000200. The van der Waals surface area contributed by atoms with Crippen LogP contribution in [0.3, 0.4) is 0 Å². The van der Waals surface area contributed by atoms with Gasteiger partial charge in [0.25, 0.3) is 6.54 Å². The van der Waals surface area contributed by atoms with Crippen LogP contribution in [0.1, 0.15) is 6.92 Å². The van der Waals surface area contributed by atoms with Crippen LogP contribution in [0.5, 0.6) is 0 Å². The zero-order valence-electron chi connectivity index (χ0n) is 10.9. The summed E-state index contributed by atoms with van der Waals surface area (Å²) in [7, 11) is 0. The van der Waals surface area contributed by atoms with E-state index in [-0.39, 0.29) is 29.5 Å². The summed E-state index contributed by atoms with van der Waals surface area (Å²) < 4.78 is 6.45. The summed E-state index contributed by atoms with van der Waals surface area (Å²) in [4.78, 5) is 11.4. The van der Waals surface area contributed by atoms with Gasteiger partial charge in [0.15, 0.2) is 6.20 Å². The summed E-state index contributed by atoms with van der Waals surface area (Å²) in [5, 5.41) is 5.05. The minimum absolute atomic E-state index is 0. The number of hydrogen-bond acceptors (Lipinski definition) is 3. The molecule has 0 aliphatic carbocycles. The van der Waals surface area contributed by atoms with E-state index in [1.807, 2.05) is 24.3 Å². The van der Waals surface area contributed by atoms with Gasteiger partial charge in [0.1, 0.15) is 5.69 Å². The molecule has 6 heteroatoms. The highest BCUT2D eigenvalue weighted by Gasteiger charge is 2.13. The van der Waals surface area contributed by atoms with E-state index in [0.29, 0.717) is 11.6 Å². The minimum atomic E-state index is -0.298. The smallest absolute Gasteiger partial charge is 0.375 e. The van der Waals surface area contributed by atoms with Crippen molar-refractivity contribution < 1.29 is 31.2 Å². The Kier molecular flexibility index (Phi) is 6.61. The quantitative estimate of drug-likeness (QED) is 0.535. The SMILES string of the molecule is CCOC(=O)C[n+]1cccc(-c2ccc(Cl)cc2)n1.[Br-]. The van der Waals surface area contributed by atoms with Gasteiger partial charge in [-0.3, -0.25) is 0 Å². The van der Waals surface area contributed by atoms with Gasteiger partial charge in [0, 0.05) is 21.8 Å². The Morgan fingerprint density at radius 3 is 2.65 bits per heavy atom. The van der Waals surface area contributed by atoms with Crippen LogP contribution in [0, 0.1) is 0 Å². The fourth-order valence-electron chi connectivity index (χ4n) is 1.64. The summed E-state index contributed by atoms with van der Waals surface area (Å²) in [6, 6.07) is 11.1. The van der Waals surface area contributed by atoms with Crippen LogP contribution < -0.4 is 21.7 Å². The lowest BCUT2D eigenvalue weighted by Gasteiger charge is -2.00. The number of rotatable bonds is 4. The van der Waals surface area contributed by atoms with E-state index in [1.165, 1.54) is 0 Å². The first-order chi connectivity index (χ1) is 9.19. The minimum Gasteiger partial charge on any atom is -1.00 e. The number of aromatic nitrogens is 2. The van der Waals surface area contributed by atoms with Crippen LogP contribution in [0.15, 0.2) is 42.6 Å². The molecule has 0 spiro atoms. The molecule has 106 valence electrons. The van der Waals surface area contributed by atoms with Gasteiger partial charge in [-0.2, -0.15) is 0 Å². The molecule has 0 saturated carbocycles. The van der Waals surface area contributed by atoms with Gasteiger partial charge in [0.2, 0.25) is 0 Å². The van der Waals surface area contributed by atoms with Crippen molar-refractivity contribution in [2.45, 2.75) is 13.5 Å². The highest BCUT2D eigenvalue weighted by Crippen LogP contribution is 2.17. The standard InChI is InChI=1S/C14H14ClN2O2.BrH/c1-2-19-14(18)10-17-9-3-4-13(16-17)11-5-7-12(15)8-6-11;/h3-9H,2,10H2,1H3;1H/q+1;/p-1. The summed E-state index contributed by atoms with van der Waals surface area (Å²) in [5.41, 5.74) is 1.73. The summed E-state index contributed by atoms with van der Waals surface area (Å²) in [6.45, 7) is 2.26. The zero-order chi connectivity index (χ0) is 13.7. The predicted molar refractivity (Wildman–Crippen MR) is 71.5 cm³/mol. The molecule has 2 aromatic rings. The Morgan fingerprint density at radius 1 is 1.30 bits per heavy atom. The van der Waals surface area contributed by atoms with E-state index in [2.05, 4.69) is 5.10 Å². The second-order valence-corrected chi connectivity index (χ2v) is 4.34. The Labute approximate surface area is 133 Å². The molecule has 0 N–H and O–H groups in total. The number of carbonyl (C=O) groups is 1. The fraction of sp³-hybridized carbons (Fsp3) is 0.214. The van der Waals surface area contributed by atoms with Crippen molar-refractivity contribution in [1.82, 2.24) is 5.10 Å². The third-order valence-electron chi connectivity index (χ3n) is 2.48. The van der Waals surface area contributed by atoms with E-state index in [0.717, 1.165) is 11.3 Å². The second-order valence-electron chi connectivity index (χ2n) is 3.90. The van der Waals surface area contributed by atoms with Gasteiger partial charge >= 0.3 is 5.97 Å². The van der Waals surface area contributed by atoms with Gasteiger partial charge in [-0.25, -0.2) is 4.79 Å². The molecule has 0 fully saturated rings. The molecule has 1 heterocycles. The van der Waals surface area contributed by atoms with E-state index in [1.54, 1.807) is 29.9 Å². The molecule has 0 radical (unpaired) electrons. The van der Waals surface area contributed by atoms with Crippen LogP contribution >= 0.6 is 11.6 Å². The van der Waals surface area contributed by atoms with Crippen molar-refractivity contribution in [2.24, 2.45) is 0 Å². The lowest BCUT2D eigenvalue weighted by Crippen LogP contribution is -3.00. The number of halogens is 2. The molecule has 0 amide bonds. The molecule has 0 unspecified atom stereocenters. The second kappa shape index (κ2) is 7.97. The van der Waals surface area contributed by atoms with Crippen LogP contribution in [-0.2, 0) is 16.1 Å². The Hall–Kier alpha value is -1.46. The maximum Gasteiger partial charge on any atom is 0.375 e. The van der Waals surface area contributed by atoms with Crippen molar-refractivity contribution in [3.63, 3.8) is 0 Å². The summed E-state index contributed by atoms with van der Waals surface area (Å²) >= 11 is 5.85. The Morgan fingerprint density at radius 2 is 2.00 bits per heavy atom. The molecule has 0 aliphatic heterocycles. The lowest BCUT2D eigenvalue weighted by molar-refractivity contribution is -0.742. The van der Waals surface area contributed by atoms with Gasteiger partial charge in [-0.15, -0.1) is 0 Å². The number of nitrogens with zero attached hydrogens (tertiary/aromatic N) is 2. The number of benzene rings is 1. The van der Waals surface area contributed by atoms with Crippen LogP contribution in [0.2, 0.25) is 5.02 Å². The molecule has 1 aromatic carbocycles. The van der Waals surface area contributed by atoms with Gasteiger partial charge in [-0.1, -0.05) is 28.4 Å². The van der Waals surface area contributed by atoms with Gasteiger partial charge < -0.3 is 21.7 Å². The molecular weight excluding hydrogens is 344 g/mol. The third kappa shape index (κ3) is 4.58. The number of hydrogen-bond donors (Lipinski definition) is 0. The molecule has 0 aliphatic rings. The predicted octanol–water partition coefficient (Wildman–Crippen LogP) is -0.743. The van der Waals surface area contributed by atoms with Crippen molar-refractivity contribution in [3.8, 4) is 11.3 Å². The van der Waals surface area contributed by atoms with Gasteiger partial charge in [0.05, 0.1) is 6.61 Å². The zero-order valence-corrected chi connectivity index (χ0v) is 13.3. The maximum atomic E-state index is 11.4. The monoisotopic (exact) mass is 356 g/mol. The van der Waals surface area contributed by atoms with Crippen LogP contribution in [-0.4, -0.2) is 17.7 Å². The average Bonchev–Trinajstić information content (AvgIpc) is 2.40. The van der Waals surface area contributed by atoms with Gasteiger partial charge in [-0.05, 0) is 25.1 Å². The number of ether oxygens (including phenoxy) is 1. The molecule has 2 rings (SSSR count). The van der Waals surface area contributed by atoms with E-state index < -0.39 is 0 Å². The lowest BCUT2D eigenvalue weighted by atomic mass is 10.1. The number of esters is 1. The van der Waals surface area contributed by atoms with Crippen LogP contribution in [0.4, 0.5) is 0 Å². The summed E-state index contributed by atoms with van der Waals surface area (Å²) in [5.74, 6) is -0.298. The van der Waals surface area contributed by atoms with Crippen molar-refractivity contribution in [2.75, 3.05) is 6.61 Å². The third-order valence-corrected chi connectivity index (χ3v) is 2.74. The first-order valence-electron chi connectivity index (χ1n) is 5.97. The summed E-state index contributed by atoms with van der Waals surface area (Å²) in [6.07, 6.45) is 1.73. The first kappa shape index (κ1) is 16.6. The van der Waals surface area contributed by atoms with Crippen molar-refractivity contribution in [1.29, 1.82) is 0 Å². The molecule has 20 heavy (non-hydrogen) atoms. The van der Waals surface area contributed by atoms with E-state index in [9.17, 15) is 4.79 Å². The molecule has 0 saturated heterocycles. The maximum absolute atomic E-state index is 11.4. The molecule has 0 atom stereocenters. The van der Waals surface area contributed by atoms with E-state index in [4.69, 9.17) is 16.3 Å². The first-order valence-corrected chi connectivity index (χ1v) is 6.35. The Bertz CT molecular complexity index is 576. The highest BCUT2D eigenvalue weighted by molar-refractivity contribution is 6.30.